The summed E-state index contributed by atoms with van der Waals surface area (Å²) in [7, 11) is 0. The molecule has 0 saturated carbocycles. The molecule has 1 fully saturated rings. The Hall–Kier alpha value is -1.35. The van der Waals surface area contributed by atoms with E-state index in [1.165, 1.54) is 6.42 Å². The van der Waals surface area contributed by atoms with E-state index in [9.17, 15) is 9.90 Å². The lowest BCUT2D eigenvalue weighted by molar-refractivity contribution is -0.111. The quantitative estimate of drug-likeness (QED) is 0.811. The molecule has 1 saturated heterocycles. The average Bonchev–Trinajstić information content (AvgIpc) is 2.83. The van der Waals surface area contributed by atoms with Gasteiger partial charge < -0.3 is 9.90 Å². The van der Waals surface area contributed by atoms with Gasteiger partial charge in [-0.3, -0.25) is 4.90 Å². The van der Waals surface area contributed by atoms with Crippen LogP contribution in [0.4, 0.5) is 0 Å². The normalized spacial score (nSPS) is 24.7. The molecule has 0 bridgehead atoms. The molecule has 3 nitrogen and oxygen atoms in total. The maximum atomic E-state index is 11.3. The van der Waals surface area contributed by atoms with Crippen molar-refractivity contribution in [3.05, 3.63) is 29.8 Å². The van der Waals surface area contributed by atoms with Crippen LogP contribution in [-0.2, 0) is 11.3 Å². The largest absolute Gasteiger partial charge is 0.508 e. The van der Waals surface area contributed by atoms with Gasteiger partial charge >= 0.3 is 0 Å². The summed E-state index contributed by atoms with van der Waals surface area (Å²) in [4.78, 5) is 13.6. The smallest absolute Gasteiger partial charge is 0.124 e. The molecule has 0 spiro atoms. The Kier molecular flexibility index (Phi) is 5.18. The molecule has 1 aliphatic rings. The van der Waals surface area contributed by atoms with Gasteiger partial charge in [0.2, 0.25) is 0 Å². The Morgan fingerprint density at radius 2 is 2.15 bits per heavy atom. The number of aldehydes is 1. The summed E-state index contributed by atoms with van der Waals surface area (Å²) in [5.74, 6) is 1.64. The van der Waals surface area contributed by atoms with Crippen LogP contribution in [0.2, 0.25) is 0 Å². The molecule has 1 aromatic rings. The van der Waals surface area contributed by atoms with Gasteiger partial charge in [0.15, 0.2) is 0 Å². The van der Waals surface area contributed by atoms with Crippen LogP contribution < -0.4 is 0 Å². The van der Waals surface area contributed by atoms with Gasteiger partial charge in [-0.25, -0.2) is 0 Å². The van der Waals surface area contributed by atoms with Crippen LogP contribution in [0.1, 0.15) is 32.3 Å². The van der Waals surface area contributed by atoms with Gasteiger partial charge in [-0.2, -0.15) is 0 Å². The summed E-state index contributed by atoms with van der Waals surface area (Å²) < 4.78 is 0. The molecule has 1 N–H and O–H groups in total. The SMILES string of the molecule is CCC(C)CC1CN(Cc2ccccc2O)CC1C=O. The second-order valence-corrected chi connectivity index (χ2v) is 6.13. The highest BCUT2D eigenvalue weighted by molar-refractivity contribution is 5.55. The van der Waals surface area contributed by atoms with Crippen LogP contribution in [0, 0.1) is 17.8 Å². The van der Waals surface area contributed by atoms with Crippen molar-refractivity contribution in [1.82, 2.24) is 4.90 Å². The van der Waals surface area contributed by atoms with Gasteiger partial charge in [0.05, 0.1) is 0 Å². The molecule has 3 heteroatoms. The van der Waals surface area contributed by atoms with Crippen LogP contribution in [-0.4, -0.2) is 29.4 Å². The van der Waals surface area contributed by atoms with Crippen LogP contribution in [0.15, 0.2) is 24.3 Å². The van der Waals surface area contributed by atoms with Crippen molar-refractivity contribution in [3.8, 4) is 5.75 Å². The number of hydrogen-bond donors (Lipinski definition) is 1. The van der Waals surface area contributed by atoms with Crippen molar-refractivity contribution >= 4 is 6.29 Å². The Morgan fingerprint density at radius 3 is 2.80 bits per heavy atom. The number of benzene rings is 1. The number of hydrogen-bond acceptors (Lipinski definition) is 3. The Morgan fingerprint density at radius 1 is 1.40 bits per heavy atom. The first kappa shape index (κ1) is 15.0. The summed E-state index contributed by atoms with van der Waals surface area (Å²) in [5, 5.41) is 9.85. The van der Waals surface area contributed by atoms with E-state index in [-0.39, 0.29) is 5.92 Å². The zero-order valence-corrected chi connectivity index (χ0v) is 12.5. The molecular weight excluding hydrogens is 250 g/mol. The second kappa shape index (κ2) is 6.89. The van der Waals surface area contributed by atoms with E-state index in [0.29, 0.717) is 17.6 Å². The summed E-state index contributed by atoms with van der Waals surface area (Å²) in [6.45, 7) is 6.97. The van der Waals surface area contributed by atoms with E-state index in [4.69, 9.17) is 0 Å². The number of carbonyl (C=O) groups is 1. The third-order valence-electron chi connectivity index (χ3n) is 4.53. The zero-order valence-electron chi connectivity index (χ0n) is 12.5. The molecule has 1 aromatic carbocycles. The third kappa shape index (κ3) is 3.60. The molecule has 0 aromatic heterocycles. The summed E-state index contributed by atoms with van der Waals surface area (Å²) in [6, 6.07) is 7.45. The summed E-state index contributed by atoms with van der Waals surface area (Å²) >= 11 is 0. The first-order valence-electron chi connectivity index (χ1n) is 7.58. The lowest BCUT2D eigenvalue weighted by Crippen LogP contribution is -2.20. The Bertz CT molecular complexity index is 446. The number of rotatable bonds is 6. The minimum absolute atomic E-state index is 0.148. The van der Waals surface area contributed by atoms with E-state index in [1.54, 1.807) is 6.07 Å². The average molecular weight is 275 g/mol. The van der Waals surface area contributed by atoms with Gasteiger partial charge in [-0.1, -0.05) is 38.5 Å². The number of phenolic OH excluding ortho intramolecular Hbond substituents is 1. The lowest BCUT2D eigenvalue weighted by atomic mass is 9.87. The summed E-state index contributed by atoms with van der Waals surface area (Å²) in [5.41, 5.74) is 0.946. The highest BCUT2D eigenvalue weighted by Crippen LogP contribution is 2.30. The minimum Gasteiger partial charge on any atom is -0.508 e. The maximum absolute atomic E-state index is 11.3. The molecule has 1 aliphatic heterocycles. The van der Waals surface area contributed by atoms with Gasteiger partial charge in [-0.15, -0.1) is 0 Å². The third-order valence-corrected chi connectivity index (χ3v) is 4.53. The molecule has 0 aliphatic carbocycles. The molecule has 2 rings (SSSR count). The summed E-state index contributed by atoms with van der Waals surface area (Å²) in [6.07, 6.45) is 3.41. The van der Waals surface area contributed by atoms with E-state index in [1.807, 2.05) is 18.2 Å². The van der Waals surface area contributed by atoms with Crippen molar-refractivity contribution in [2.45, 2.75) is 33.2 Å². The van der Waals surface area contributed by atoms with E-state index in [0.717, 1.165) is 37.9 Å². The number of carbonyl (C=O) groups excluding carboxylic acids is 1. The first-order valence-corrected chi connectivity index (χ1v) is 7.58. The topological polar surface area (TPSA) is 40.5 Å². The molecule has 0 amide bonds. The minimum atomic E-state index is 0.148. The van der Waals surface area contributed by atoms with Crippen LogP contribution in [0.25, 0.3) is 0 Å². The van der Waals surface area contributed by atoms with Crippen molar-refractivity contribution < 1.29 is 9.90 Å². The number of nitrogens with zero attached hydrogens (tertiary/aromatic N) is 1. The fourth-order valence-electron chi connectivity index (χ4n) is 3.09. The predicted octanol–water partition coefficient (Wildman–Crippen LogP) is 3.08. The Balaban J connectivity index is 1.98. The fourth-order valence-corrected chi connectivity index (χ4v) is 3.09. The lowest BCUT2D eigenvalue weighted by Gasteiger charge is -2.18. The first-order chi connectivity index (χ1) is 9.63. The monoisotopic (exact) mass is 275 g/mol. The number of aromatic hydroxyl groups is 1. The van der Waals surface area contributed by atoms with Crippen molar-refractivity contribution in [1.29, 1.82) is 0 Å². The van der Waals surface area contributed by atoms with Crippen LogP contribution in [0.3, 0.4) is 0 Å². The molecule has 3 atom stereocenters. The van der Waals surface area contributed by atoms with Crippen LogP contribution in [0.5, 0.6) is 5.75 Å². The van der Waals surface area contributed by atoms with Crippen LogP contribution >= 0.6 is 0 Å². The fraction of sp³-hybridized carbons (Fsp3) is 0.588. The molecule has 20 heavy (non-hydrogen) atoms. The highest BCUT2D eigenvalue weighted by Gasteiger charge is 2.33. The van der Waals surface area contributed by atoms with E-state index in [2.05, 4.69) is 18.7 Å². The number of likely N-dealkylation sites (tertiary alicyclic amines) is 1. The van der Waals surface area contributed by atoms with Crippen molar-refractivity contribution in [2.24, 2.45) is 17.8 Å². The van der Waals surface area contributed by atoms with Crippen molar-refractivity contribution in [2.75, 3.05) is 13.1 Å². The zero-order chi connectivity index (χ0) is 14.5. The van der Waals surface area contributed by atoms with E-state index < -0.39 is 0 Å². The molecule has 0 radical (unpaired) electrons. The number of para-hydroxylation sites is 1. The highest BCUT2D eigenvalue weighted by atomic mass is 16.3. The van der Waals surface area contributed by atoms with Gasteiger partial charge in [0, 0.05) is 31.1 Å². The second-order valence-electron chi connectivity index (χ2n) is 6.13. The molecule has 1 heterocycles. The molecular formula is C17H25NO2. The van der Waals surface area contributed by atoms with Crippen molar-refractivity contribution in [3.63, 3.8) is 0 Å². The number of phenols is 1. The van der Waals surface area contributed by atoms with Gasteiger partial charge in [0.25, 0.3) is 0 Å². The standard InChI is InChI=1S/C17H25NO2/c1-3-13(2)8-15-10-18(11-16(15)12-19)9-14-6-4-5-7-17(14)20/h4-7,12-13,15-16,20H,3,8-11H2,1-2H3. The Labute approximate surface area is 121 Å². The molecule has 110 valence electrons. The maximum Gasteiger partial charge on any atom is 0.124 e. The molecule has 3 unspecified atom stereocenters. The van der Waals surface area contributed by atoms with Gasteiger partial charge in [-0.05, 0) is 24.3 Å². The van der Waals surface area contributed by atoms with Gasteiger partial charge in [0.1, 0.15) is 12.0 Å². The predicted molar refractivity (Wildman–Crippen MR) is 80.5 cm³/mol. The van der Waals surface area contributed by atoms with E-state index >= 15 is 0 Å².